The molecule has 3 unspecified atom stereocenters. The molecule has 3 aliphatic heterocycles. The van der Waals surface area contributed by atoms with E-state index in [4.69, 9.17) is 19.7 Å². The van der Waals surface area contributed by atoms with Crippen molar-refractivity contribution in [1.82, 2.24) is 14.9 Å². The predicted octanol–water partition coefficient (Wildman–Crippen LogP) is -3.76. The Morgan fingerprint density at radius 2 is 1.57 bits per heavy atom. The molecule has 1 aromatic heterocycles. The number of aliphatic hydroxyl groups is 4. The highest BCUT2D eigenvalue weighted by molar-refractivity contribution is 7.61. The Morgan fingerprint density at radius 3 is 2.12 bits per heavy atom. The lowest BCUT2D eigenvalue weighted by molar-refractivity contribution is -0.132. The number of imidazole rings is 1. The van der Waals surface area contributed by atoms with Crippen LogP contribution in [0.4, 0.5) is 5.82 Å². The van der Waals surface area contributed by atoms with Crippen molar-refractivity contribution in [1.29, 1.82) is 0 Å². The van der Waals surface area contributed by atoms with Gasteiger partial charge in [0.05, 0.1) is 26.2 Å². The van der Waals surface area contributed by atoms with Crippen LogP contribution in [0.15, 0.2) is 6.33 Å². The molecule has 3 aliphatic rings. The van der Waals surface area contributed by atoms with Gasteiger partial charge in [0.15, 0.2) is 12.5 Å². The topological polar surface area (TPSA) is 336 Å². The minimum atomic E-state index is -5.44. The number of nitrogens with two attached hydrogens (primary N) is 1. The largest absolute Gasteiger partial charge is 0.481 e. The minimum absolute atomic E-state index is 0.174. The third-order valence-electron chi connectivity index (χ3n) is 5.89. The predicted molar refractivity (Wildman–Crippen MR) is 123 cm³/mol. The summed E-state index contributed by atoms with van der Waals surface area (Å²) in [5.74, 6) is 0.259. The van der Waals surface area contributed by atoms with E-state index in [1.165, 1.54) is 10.9 Å². The molecule has 0 bridgehead atoms. The van der Waals surface area contributed by atoms with E-state index in [-0.39, 0.29) is 12.5 Å². The number of rotatable bonds is 11. The number of ether oxygens (including phenoxy) is 2. The molecule has 11 atom stereocenters. The SMILES string of the molecule is NC1NCNc2c1ncn2[C@@H]1O[C@H](COP(=O)(O)OP(=O)(O)OC[C@H]2O[C@@H](O)[C@H](O)[C@@H]2O)[C@@H](O)[C@H]1OP(=O)(O)O. The first-order valence-corrected chi connectivity index (χ1v) is 15.7. The van der Waals surface area contributed by atoms with Gasteiger partial charge >= 0.3 is 23.5 Å². The van der Waals surface area contributed by atoms with Gasteiger partial charge in [-0.15, -0.1) is 0 Å². The van der Waals surface area contributed by atoms with Gasteiger partial charge in [0.1, 0.15) is 54.3 Å². The van der Waals surface area contributed by atoms with E-state index in [1.807, 2.05) is 0 Å². The van der Waals surface area contributed by atoms with Crippen molar-refractivity contribution in [2.75, 3.05) is 25.2 Å². The maximum Gasteiger partial charge on any atom is 0.481 e. The van der Waals surface area contributed by atoms with Gasteiger partial charge < -0.3 is 60.5 Å². The molecule has 0 radical (unpaired) electrons. The monoisotopic (exact) mass is 643 g/mol. The second kappa shape index (κ2) is 12.0. The third kappa shape index (κ3) is 7.33. The number of nitrogens with zero attached hydrogens (tertiary/aromatic N) is 2. The molecule has 25 heteroatoms. The molecule has 0 amide bonds. The maximum absolute atomic E-state index is 12.3. The molecule has 2 saturated heterocycles. The van der Waals surface area contributed by atoms with Crippen molar-refractivity contribution in [2.24, 2.45) is 5.73 Å². The average molecular weight is 643 g/mol. The number of hydrogen-bond acceptors (Lipinski definition) is 17. The molecule has 230 valence electrons. The molecule has 12 N–H and O–H groups in total. The highest BCUT2D eigenvalue weighted by atomic mass is 31.3. The number of nitrogens with one attached hydrogen (secondary N) is 2. The van der Waals surface area contributed by atoms with E-state index in [9.17, 15) is 53.7 Å². The number of anilines is 1. The van der Waals surface area contributed by atoms with Crippen LogP contribution < -0.4 is 16.4 Å². The first kappa shape index (κ1) is 32.0. The molecule has 4 rings (SSSR count). The number of aromatic nitrogens is 2. The highest BCUT2D eigenvalue weighted by Crippen LogP contribution is 2.61. The van der Waals surface area contributed by atoms with Gasteiger partial charge in [0.2, 0.25) is 0 Å². The maximum atomic E-state index is 12.3. The fourth-order valence-corrected chi connectivity index (χ4v) is 6.69. The molecular weight excluding hydrogens is 615 g/mol. The van der Waals surface area contributed by atoms with E-state index >= 15 is 0 Å². The summed E-state index contributed by atoms with van der Waals surface area (Å²) in [6.07, 6.45) is -13.0. The minimum Gasteiger partial charge on any atom is -0.387 e. The number of hydrogen-bond donors (Lipinski definition) is 11. The second-order valence-electron chi connectivity index (χ2n) is 8.69. The molecular formula is C15H28N5O17P3. The number of aliphatic hydroxyl groups excluding tert-OH is 4. The van der Waals surface area contributed by atoms with Gasteiger partial charge in [0, 0.05) is 0 Å². The Balaban J connectivity index is 1.40. The lowest BCUT2D eigenvalue weighted by Crippen LogP contribution is -2.39. The second-order valence-corrected chi connectivity index (χ2v) is 12.9. The summed E-state index contributed by atoms with van der Waals surface area (Å²) >= 11 is 0. The van der Waals surface area contributed by atoms with Gasteiger partial charge in [-0.05, 0) is 0 Å². The van der Waals surface area contributed by atoms with Crippen LogP contribution in [-0.4, -0.2) is 112 Å². The van der Waals surface area contributed by atoms with Gasteiger partial charge in [-0.25, -0.2) is 18.7 Å². The smallest absolute Gasteiger partial charge is 0.387 e. The Morgan fingerprint density at radius 1 is 0.975 bits per heavy atom. The van der Waals surface area contributed by atoms with Crippen LogP contribution >= 0.6 is 23.5 Å². The molecule has 0 spiro atoms. The van der Waals surface area contributed by atoms with Crippen LogP contribution in [-0.2, 0) is 41.1 Å². The van der Waals surface area contributed by atoms with Crippen molar-refractivity contribution in [2.45, 2.75) is 55.3 Å². The van der Waals surface area contributed by atoms with Crippen LogP contribution in [0, 0.1) is 0 Å². The van der Waals surface area contributed by atoms with Crippen LogP contribution in [0.2, 0.25) is 0 Å². The zero-order valence-electron chi connectivity index (χ0n) is 20.0. The van der Waals surface area contributed by atoms with E-state index in [0.29, 0.717) is 5.69 Å². The summed E-state index contributed by atoms with van der Waals surface area (Å²) in [7, 11) is -16.0. The molecule has 0 aromatic carbocycles. The Hall–Kier alpha value is -0.940. The molecule has 4 heterocycles. The lowest BCUT2D eigenvalue weighted by Gasteiger charge is -2.26. The summed E-state index contributed by atoms with van der Waals surface area (Å²) in [4.78, 5) is 42.4. The fourth-order valence-electron chi connectivity index (χ4n) is 4.05. The van der Waals surface area contributed by atoms with Crippen LogP contribution in [0.5, 0.6) is 0 Å². The summed E-state index contributed by atoms with van der Waals surface area (Å²) in [5, 5.41) is 44.8. The number of phosphoric ester groups is 3. The van der Waals surface area contributed by atoms with E-state index < -0.39 is 92.0 Å². The Bertz CT molecular complexity index is 1200. The normalized spacial score (nSPS) is 37.5. The molecule has 40 heavy (non-hydrogen) atoms. The first-order valence-electron chi connectivity index (χ1n) is 11.2. The molecule has 2 fully saturated rings. The zero-order valence-corrected chi connectivity index (χ0v) is 22.6. The first-order chi connectivity index (χ1) is 18.5. The molecule has 0 aliphatic carbocycles. The Labute approximate surface area is 224 Å². The van der Waals surface area contributed by atoms with Crippen LogP contribution in [0.3, 0.4) is 0 Å². The summed E-state index contributed by atoms with van der Waals surface area (Å²) in [5.41, 5.74) is 6.21. The van der Waals surface area contributed by atoms with Gasteiger partial charge in [-0.1, -0.05) is 0 Å². The molecule has 1 aromatic rings. The quantitative estimate of drug-likeness (QED) is 0.103. The van der Waals surface area contributed by atoms with Gasteiger partial charge in [-0.2, -0.15) is 4.31 Å². The zero-order chi connectivity index (χ0) is 29.6. The van der Waals surface area contributed by atoms with Crippen LogP contribution in [0.25, 0.3) is 0 Å². The van der Waals surface area contributed by atoms with E-state index in [0.717, 1.165) is 0 Å². The van der Waals surface area contributed by atoms with Crippen LogP contribution in [0.1, 0.15) is 18.1 Å². The van der Waals surface area contributed by atoms with Gasteiger partial charge in [0.25, 0.3) is 0 Å². The Kier molecular flexibility index (Phi) is 9.58. The van der Waals surface area contributed by atoms with Gasteiger partial charge in [-0.3, -0.25) is 23.5 Å². The van der Waals surface area contributed by atoms with E-state index in [1.54, 1.807) is 0 Å². The fraction of sp³-hybridized carbons (Fsp3) is 0.800. The number of phosphoric acid groups is 3. The molecule has 0 saturated carbocycles. The van der Waals surface area contributed by atoms with Crippen molar-refractivity contribution in [3.05, 3.63) is 12.0 Å². The number of fused-ring (bicyclic) bond motifs is 1. The standard InChI is InChI=1S/C15H28N5O17P3/c16-12-7-13(18-3-17-12)20(4-19-7)14-11(36-38(25,26)27)9(22)6(34-14)2-33-40(30,31)37-39(28,29)32-1-5-8(21)10(23)15(24)35-5/h4-6,8-12,14-15,17-18,21-24H,1-3,16H2,(H,28,29)(H,30,31)(H2,25,26,27)/t5-,6-,8-,9-,10-,11-,12?,14-,15-/m1/s1. The third-order valence-corrected chi connectivity index (χ3v) is 9.01. The van der Waals surface area contributed by atoms with E-state index in [2.05, 4.69) is 29.0 Å². The van der Waals surface area contributed by atoms with Crippen molar-refractivity contribution in [3.8, 4) is 0 Å². The summed E-state index contributed by atoms with van der Waals surface area (Å²) < 4.78 is 65.4. The van der Waals surface area contributed by atoms with Crippen molar-refractivity contribution < 1.29 is 81.1 Å². The average Bonchev–Trinajstić information content (AvgIpc) is 3.47. The molecule has 22 nitrogen and oxygen atoms in total. The van der Waals surface area contributed by atoms with Crippen molar-refractivity contribution in [3.63, 3.8) is 0 Å². The van der Waals surface area contributed by atoms with Crippen molar-refractivity contribution >= 4 is 29.3 Å². The summed E-state index contributed by atoms with van der Waals surface area (Å²) in [6.45, 7) is -1.81. The summed E-state index contributed by atoms with van der Waals surface area (Å²) in [6, 6.07) is 0. The highest BCUT2D eigenvalue weighted by Gasteiger charge is 2.51. The lowest BCUT2D eigenvalue weighted by atomic mass is 10.1.